The minimum Gasteiger partial charge on any atom is -0.354 e. The maximum atomic E-state index is 13.2. The smallest absolute Gasteiger partial charge is 0.354 e. The molecule has 1 aliphatic heterocycles. The second kappa shape index (κ2) is 10.8. The van der Waals surface area contributed by atoms with Crippen molar-refractivity contribution in [2.24, 2.45) is 0 Å². The molecule has 5 rings (SSSR count). The number of hydrogen-bond acceptors (Lipinski definition) is 8. The van der Waals surface area contributed by atoms with E-state index < -0.39 is 17.6 Å². The summed E-state index contributed by atoms with van der Waals surface area (Å²) in [4.78, 5) is 32.0. The fraction of sp³-hybridized carbons (Fsp3) is 0.192. The van der Waals surface area contributed by atoms with Gasteiger partial charge in [-0.1, -0.05) is 0 Å². The molecule has 12 heteroatoms. The van der Waals surface area contributed by atoms with Gasteiger partial charge in [-0.05, 0) is 42.5 Å². The molecule has 1 amide bonds. The van der Waals surface area contributed by atoms with E-state index in [9.17, 15) is 18.0 Å². The molecule has 38 heavy (non-hydrogen) atoms. The van der Waals surface area contributed by atoms with Crippen molar-refractivity contribution in [3.05, 3.63) is 84.4 Å². The largest absolute Gasteiger partial charge is 0.416 e. The highest BCUT2D eigenvalue weighted by molar-refractivity contribution is 6.04. The molecule has 4 aromatic heterocycles. The number of carbonyl (C=O) groups excluding carboxylic acids is 1. The number of anilines is 4. The Hall–Kier alpha value is -4.58. The summed E-state index contributed by atoms with van der Waals surface area (Å²) in [5, 5.41) is 8.96. The second-order valence-electron chi connectivity index (χ2n) is 8.51. The Morgan fingerprint density at radius 2 is 1.76 bits per heavy atom. The number of piperazine rings is 1. The molecular formula is C26H23F3N8O. The number of rotatable bonds is 6. The lowest BCUT2D eigenvalue weighted by atomic mass is 10.1. The fourth-order valence-electron chi connectivity index (χ4n) is 3.97. The second-order valence-corrected chi connectivity index (χ2v) is 8.51. The molecule has 0 radical (unpaired) electrons. The van der Waals surface area contributed by atoms with Gasteiger partial charge in [0, 0.05) is 68.3 Å². The van der Waals surface area contributed by atoms with Gasteiger partial charge in [-0.25, -0.2) is 15.0 Å². The Morgan fingerprint density at radius 1 is 0.947 bits per heavy atom. The number of nitrogens with one attached hydrogen (secondary N) is 3. The normalized spacial score (nSPS) is 13.7. The molecule has 0 atom stereocenters. The van der Waals surface area contributed by atoms with E-state index in [4.69, 9.17) is 0 Å². The third-order valence-corrected chi connectivity index (χ3v) is 5.83. The van der Waals surface area contributed by atoms with Crippen LogP contribution in [-0.2, 0) is 6.18 Å². The summed E-state index contributed by atoms with van der Waals surface area (Å²) in [5.41, 5.74) is 1.11. The van der Waals surface area contributed by atoms with E-state index in [1.807, 2.05) is 6.07 Å². The Morgan fingerprint density at radius 3 is 2.53 bits per heavy atom. The molecule has 194 valence electrons. The summed E-state index contributed by atoms with van der Waals surface area (Å²) in [7, 11) is 0. The van der Waals surface area contributed by atoms with Crippen LogP contribution in [0.25, 0.3) is 11.3 Å². The van der Waals surface area contributed by atoms with E-state index in [2.05, 4.69) is 40.8 Å². The van der Waals surface area contributed by atoms with Gasteiger partial charge in [-0.2, -0.15) is 13.2 Å². The quantitative estimate of drug-likeness (QED) is 0.344. The molecule has 0 aliphatic carbocycles. The predicted molar refractivity (Wildman–Crippen MR) is 137 cm³/mol. The number of nitrogens with zero attached hydrogens (tertiary/aromatic N) is 5. The molecule has 4 aromatic rings. The van der Waals surface area contributed by atoms with E-state index in [1.165, 1.54) is 12.3 Å². The Balaban J connectivity index is 1.50. The van der Waals surface area contributed by atoms with Crippen LogP contribution in [0.1, 0.15) is 15.9 Å². The average molecular weight is 521 g/mol. The minimum absolute atomic E-state index is 0.0368. The highest BCUT2D eigenvalue weighted by Gasteiger charge is 2.30. The lowest BCUT2D eigenvalue weighted by molar-refractivity contribution is -0.137. The molecule has 0 aromatic carbocycles. The summed E-state index contributed by atoms with van der Waals surface area (Å²) < 4.78 is 39.6. The standard InChI is InChI=1S/C26H23F3N8O/c27-26(28,29)19-4-7-32-22(13-19)36-23-15-20(34-25(38)18-2-1-5-31-16-18)14-21(35-23)17-3-6-33-24(12-17)37-10-8-30-9-11-37/h1-7,12-16,30H,8-11H2,(H2,32,34,35,36,38). The van der Waals surface area contributed by atoms with Crippen molar-refractivity contribution in [3.8, 4) is 11.3 Å². The lowest BCUT2D eigenvalue weighted by Crippen LogP contribution is -2.43. The molecule has 0 saturated carbocycles. The van der Waals surface area contributed by atoms with Gasteiger partial charge in [0.2, 0.25) is 0 Å². The van der Waals surface area contributed by atoms with Gasteiger partial charge in [-0.15, -0.1) is 0 Å². The van der Waals surface area contributed by atoms with Gasteiger partial charge in [0.05, 0.1) is 16.8 Å². The number of pyridine rings is 4. The number of hydrogen-bond donors (Lipinski definition) is 3. The van der Waals surface area contributed by atoms with E-state index in [1.54, 1.807) is 36.7 Å². The van der Waals surface area contributed by atoms with E-state index in [0.29, 0.717) is 16.9 Å². The number of amides is 1. The first kappa shape index (κ1) is 25.1. The van der Waals surface area contributed by atoms with Crippen molar-refractivity contribution in [1.82, 2.24) is 25.3 Å². The van der Waals surface area contributed by atoms with Gasteiger partial charge >= 0.3 is 6.18 Å². The van der Waals surface area contributed by atoms with E-state index in [-0.39, 0.29) is 11.6 Å². The highest BCUT2D eigenvalue weighted by atomic mass is 19.4. The minimum atomic E-state index is -4.52. The number of carbonyl (C=O) groups is 1. The topological polar surface area (TPSA) is 108 Å². The van der Waals surface area contributed by atoms with Crippen molar-refractivity contribution in [2.45, 2.75) is 6.18 Å². The Bertz CT molecular complexity index is 1430. The van der Waals surface area contributed by atoms with Crippen LogP contribution >= 0.6 is 0 Å². The maximum absolute atomic E-state index is 13.2. The van der Waals surface area contributed by atoms with Gasteiger partial charge in [0.15, 0.2) is 0 Å². The molecule has 0 unspecified atom stereocenters. The molecule has 0 bridgehead atoms. The first-order chi connectivity index (χ1) is 18.3. The van der Waals surface area contributed by atoms with Crippen molar-refractivity contribution >= 4 is 29.0 Å². The average Bonchev–Trinajstić information content (AvgIpc) is 2.94. The monoisotopic (exact) mass is 520 g/mol. The SMILES string of the molecule is O=C(Nc1cc(Nc2cc(C(F)(F)F)ccn2)nc(-c2ccnc(N3CCNCC3)c2)c1)c1cccnc1. The van der Waals surface area contributed by atoms with Crippen LogP contribution in [-0.4, -0.2) is 52.0 Å². The van der Waals surface area contributed by atoms with Crippen LogP contribution in [0.2, 0.25) is 0 Å². The van der Waals surface area contributed by atoms with Crippen molar-refractivity contribution in [2.75, 3.05) is 41.7 Å². The first-order valence-electron chi connectivity index (χ1n) is 11.8. The van der Waals surface area contributed by atoms with Gasteiger partial charge in [-0.3, -0.25) is 9.78 Å². The van der Waals surface area contributed by atoms with Crippen LogP contribution in [0.5, 0.6) is 0 Å². The summed E-state index contributed by atoms with van der Waals surface area (Å²) in [6, 6.07) is 12.0. The van der Waals surface area contributed by atoms with Crippen LogP contribution in [0.15, 0.2) is 73.3 Å². The molecule has 1 aliphatic rings. The summed E-state index contributed by atoms with van der Waals surface area (Å²) >= 11 is 0. The van der Waals surface area contributed by atoms with E-state index in [0.717, 1.165) is 55.9 Å². The number of aromatic nitrogens is 4. The Labute approximate surface area is 216 Å². The van der Waals surface area contributed by atoms with Crippen LogP contribution in [0.3, 0.4) is 0 Å². The molecule has 1 fully saturated rings. The molecule has 5 heterocycles. The summed E-state index contributed by atoms with van der Waals surface area (Å²) in [5.74, 6) is 0.556. The molecular weight excluding hydrogens is 497 g/mol. The van der Waals surface area contributed by atoms with Gasteiger partial charge in [0.25, 0.3) is 5.91 Å². The molecule has 1 saturated heterocycles. The Kier molecular flexibility index (Phi) is 7.13. The number of alkyl halides is 3. The van der Waals surface area contributed by atoms with Crippen molar-refractivity contribution < 1.29 is 18.0 Å². The zero-order chi connectivity index (χ0) is 26.5. The van der Waals surface area contributed by atoms with Gasteiger partial charge in [0.1, 0.15) is 17.5 Å². The van der Waals surface area contributed by atoms with Gasteiger partial charge < -0.3 is 20.9 Å². The lowest BCUT2D eigenvalue weighted by Gasteiger charge is -2.28. The molecule has 0 spiro atoms. The van der Waals surface area contributed by atoms with Crippen molar-refractivity contribution in [1.29, 1.82) is 0 Å². The zero-order valence-electron chi connectivity index (χ0n) is 20.0. The van der Waals surface area contributed by atoms with E-state index >= 15 is 0 Å². The summed E-state index contributed by atoms with van der Waals surface area (Å²) in [6.07, 6.45) is 1.23. The third kappa shape index (κ3) is 6.03. The summed E-state index contributed by atoms with van der Waals surface area (Å²) in [6.45, 7) is 3.30. The number of halogens is 3. The predicted octanol–water partition coefficient (Wildman–Crippen LogP) is 4.36. The molecule has 9 nitrogen and oxygen atoms in total. The zero-order valence-corrected chi connectivity index (χ0v) is 20.0. The third-order valence-electron chi connectivity index (χ3n) is 5.83. The maximum Gasteiger partial charge on any atom is 0.416 e. The fourth-order valence-corrected chi connectivity index (χ4v) is 3.97. The van der Waals surface area contributed by atoms with Crippen LogP contribution < -0.4 is 20.9 Å². The van der Waals surface area contributed by atoms with Crippen LogP contribution in [0.4, 0.5) is 36.3 Å². The van der Waals surface area contributed by atoms with Crippen molar-refractivity contribution in [3.63, 3.8) is 0 Å². The highest BCUT2D eigenvalue weighted by Crippen LogP contribution is 2.32. The van der Waals surface area contributed by atoms with Crippen LogP contribution in [0, 0.1) is 0 Å². The molecule has 3 N–H and O–H groups in total. The first-order valence-corrected chi connectivity index (χ1v) is 11.8.